The van der Waals surface area contributed by atoms with Crippen molar-refractivity contribution in [2.24, 2.45) is 0 Å². The van der Waals surface area contributed by atoms with Gasteiger partial charge in [-0.3, -0.25) is 0 Å². The maximum atomic E-state index is 2.28. The van der Waals surface area contributed by atoms with Crippen LogP contribution in [-0.2, 0) is 0 Å². The van der Waals surface area contributed by atoms with Gasteiger partial charge in [-0.1, -0.05) is 82.6 Å². The number of hydrogen-bond donors (Lipinski definition) is 0. The van der Waals surface area contributed by atoms with Gasteiger partial charge in [0, 0.05) is 0 Å². The summed E-state index contributed by atoms with van der Waals surface area (Å²) in [6.07, 6.45) is 20.4. The molecule has 0 aliphatic heterocycles. The van der Waals surface area contributed by atoms with Crippen molar-refractivity contribution >= 4 is 0 Å². The van der Waals surface area contributed by atoms with Gasteiger partial charge in [-0.2, -0.15) is 0 Å². The average molecular weight is 236 g/mol. The van der Waals surface area contributed by atoms with E-state index in [9.17, 15) is 0 Å². The quantitative estimate of drug-likeness (QED) is 0.286. The van der Waals surface area contributed by atoms with Crippen LogP contribution >= 0.6 is 0 Å². The predicted molar refractivity (Wildman–Crippen MR) is 80.4 cm³/mol. The zero-order valence-corrected chi connectivity index (χ0v) is 12.3. The second-order valence-electron chi connectivity index (χ2n) is 5.07. The molecule has 0 amide bonds. The number of rotatable bonds is 11. The van der Waals surface area contributed by atoms with Crippen LogP contribution in [0.25, 0.3) is 0 Å². The fraction of sp³-hybridized carbons (Fsp3) is 0.765. The molecule has 0 aliphatic rings. The molecule has 0 rings (SSSR count). The summed E-state index contributed by atoms with van der Waals surface area (Å²) in [5.74, 6) is 0. The van der Waals surface area contributed by atoms with E-state index in [1.165, 1.54) is 63.4 Å². The predicted octanol–water partition coefficient (Wildman–Crippen LogP) is 6.43. The lowest BCUT2D eigenvalue weighted by Crippen LogP contribution is -1.82. The minimum absolute atomic E-state index is 1.14. The first-order chi connectivity index (χ1) is 8.31. The summed E-state index contributed by atoms with van der Waals surface area (Å²) in [4.78, 5) is 0. The summed E-state index contributed by atoms with van der Waals surface area (Å²) in [5, 5.41) is 0. The third-order valence-corrected chi connectivity index (χ3v) is 3.18. The van der Waals surface area contributed by atoms with Crippen LogP contribution in [-0.4, -0.2) is 0 Å². The topological polar surface area (TPSA) is 0 Å². The first-order valence-electron chi connectivity index (χ1n) is 7.63. The van der Waals surface area contributed by atoms with E-state index >= 15 is 0 Å². The van der Waals surface area contributed by atoms with Crippen LogP contribution in [0, 0.1) is 0 Å². The molecule has 0 saturated heterocycles. The van der Waals surface area contributed by atoms with Gasteiger partial charge in [-0.15, -0.1) is 0 Å². The highest BCUT2D eigenvalue weighted by Gasteiger charge is 1.92. The zero-order chi connectivity index (χ0) is 12.8. The number of hydrogen-bond acceptors (Lipinski definition) is 0. The van der Waals surface area contributed by atoms with Crippen molar-refractivity contribution in [3.05, 3.63) is 23.8 Å². The Morgan fingerprint density at radius 3 is 2.00 bits per heavy atom. The van der Waals surface area contributed by atoms with Gasteiger partial charge in [0.2, 0.25) is 0 Å². The lowest BCUT2D eigenvalue weighted by Gasteiger charge is -2.02. The van der Waals surface area contributed by atoms with E-state index in [2.05, 4.69) is 39.0 Å². The molecule has 17 heavy (non-hydrogen) atoms. The highest BCUT2D eigenvalue weighted by atomic mass is 14.0. The van der Waals surface area contributed by atoms with Crippen LogP contribution in [0.5, 0.6) is 0 Å². The van der Waals surface area contributed by atoms with Crippen molar-refractivity contribution in [2.45, 2.75) is 85.0 Å². The van der Waals surface area contributed by atoms with E-state index in [-0.39, 0.29) is 0 Å². The first kappa shape index (κ1) is 16.5. The maximum absolute atomic E-state index is 2.28. The Morgan fingerprint density at radius 1 is 0.824 bits per heavy atom. The Hall–Kier alpha value is -0.520. The lowest BCUT2D eigenvalue weighted by molar-refractivity contribution is 0.575. The number of allylic oxidation sites excluding steroid dienone is 4. The van der Waals surface area contributed by atoms with E-state index < -0.39 is 0 Å². The van der Waals surface area contributed by atoms with Gasteiger partial charge in [0.25, 0.3) is 0 Å². The largest absolute Gasteiger partial charge is 0.0848 e. The first-order valence-corrected chi connectivity index (χ1v) is 7.63. The lowest BCUT2D eigenvalue weighted by atomic mass is 10.0. The van der Waals surface area contributed by atoms with Crippen molar-refractivity contribution < 1.29 is 0 Å². The minimum Gasteiger partial charge on any atom is -0.0848 e. The standard InChI is InChI=1S/C17H32/c1-4-6-8-9-10-11-12-14-16-17(3)15-13-7-5-2/h7,13,15H,4-6,8-12,14,16H2,1-3H3. The molecule has 0 radical (unpaired) electrons. The third kappa shape index (κ3) is 13.4. The third-order valence-electron chi connectivity index (χ3n) is 3.18. The van der Waals surface area contributed by atoms with Crippen LogP contribution in [0.15, 0.2) is 23.8 Å². The summed E-state index contributed by atoms with van der Waals surface area (Å²) in [5.41, 5.74) is 1.53. The van der Waals surface area contributed by atoms with Crippen molar-refractivity contribution in [3.63, 3.8) is 0 Å². The van der Waals surface area contributed by atoms with Gasteiger partial charge in [0.1, 0.15) is 0 Å². The van der Waals surface area contributed by atoms with E-state index in [1.54, 1.807) is 0 Å². The summed E-state index contributed by atoms with van der Waals surface area (Å²) >= 11 is 0. The van der Waals surface area contributed by atoms with E-state index in [4.69, 9.17) is 0 Å². The van der Waals surface area contributed by atoms with Gasteiger partial charge in [-0.05, 0) is 26.2 Å². The van der Waals surface area contributed by atoms with Crippen LogP contribution in [0.3, 0.4) is 0 Å². The number of unbranched alkanes of at least 4 members (excludes halogenated alkanes) is 7. The summed E-state index contributed by atoms with van der Waals surface area (Å²) in [6, 6.07) is 0. The molecule has 0 heteroatoms. The summed E-state index contributed by atoms with van der Waals surface area (Å²) in [7, 11) is 0. The van der Waals surface area contributed by atoms with E-state index in [0.717, 1.165) is 6.42 Å². The van der Waals surface area contributed by atoms with Crippen molar-refractivity contribution in [3.8, 4) is 0 Å². The molecule has 0 spiro atoms. The second-order valence-corrected chi connectivity index (χ2v) is 5.07. The highest BCUT2D eigenvalue weighted by Crippen LogP contribution is 2.12. The molecule has 0 heterocycles. The minimum atomic E-state index is 1.14. The monoisotopic (exact) mass is 236 g/mol. The Labute approximate surface area is 109 Å². The maximum Gasteiger partial charge on any atom is -0.0320 e. The molecule has 0 aromatic heterocycles. The Bertz CT molecular complexity index is 198. The molecule has 0 N–H and O–H groups in total. The van der Waals surface area contributed by atoms with E-state index in [0.29, 0.717) is 0 Å². The van der Waals surface area contributed by atoms with Crippen molar-refractivity contribution in [1.82, 2.24) is 0 Å². The van der Waals surface area contributed by atoms with Gasteiger partial charge in [0.15, 0.2) is 0 Å². The average Bonchev–Trinajstić information content (AvgIpc) is 2.33. The smallest absolute Gasteiger partial charge is 0.0320 e. The highest BCUT2D eigenvalue weighted by molar-refractivity contribution is 5.10. The molecular formula is C17H32. The molecule has 0 saturated carbocycles. The molecular weight excluding hydrogens is 204 g/mol. The van der Waals surface area contributed by atoms with Crippen LogP contribution < -0.4 is 0 Å². The van der Waals surface area contributed by atoms with Gasteiger partial charge < -0.3 is 0 Å². The van der Waals surface area contributed by atoms with Gasteiger partial charge >= 0.3 is 0 Å². The molecule has 0 aromatic rings. The SMILES string of the molecule is CCC=CC=C(C)CCCCCCCCCC. The van der Waals surface area contributed by atoms with E-state index in [1.807, 2.05) is 0 Å². The Kier molecular flexibility index (Phi) is 13.1. The van der Waals surface area contributed by atoms with Crippen molar-refractivity contribution in [2.75, 3.05) is 0 Å². The van der Waals surface area contributed by atoms with Crippen LogP contribution in [0.1, 0.15) is 85.0 Å². The molecule has 0 aromatic carbocycles. The summed E-state index contributed by atoms with van der Waals surface area (Å²) < 4.78 is 0. The van der Waals surface area contributed by atoms with Crippen molar-refractivity contribution in [1.29, 1.82) is 0 Å². The zero-order valence-electron chi connectivity index (χ0n) is 12.3. The Balaban J connectivity index is 3.27. The molecule has 100 valence electrons. The van der Waals surface area contributed by atoms with Crippen LogP contribution in [0.2, 0.25) is 0 Å². The molecule has 0 fully saturated rings. The molecule has 0 nitrogen and oxygen atoms in total. The molecule has 0 aliphatic carbocycles. The fourth-order valence-corrected chi connectivity index (χ4v) is 1.99. The van der Waals surface area contributed by atoms with Gasteiger partial charge in [-0.25, -0.2) is 0 Å². The normalized spacial score (nSPS) is 12.5. The summed E-state index contributed by atoms with van der Waals surface area (Å²) in [6.45, 7) is 6.71. The molecule has 0 unspecified atom stereocenters. The molecule has 0 atom stereocenters. The van der Waals surface area contributed by atoms with Crippen LogP contribution in [0.4, 0.5) is 0 Å². The second kappa shape index (κ2) is 13.5. The Morgan fingerprint density at radius 2 is 1.41 bits per heavy atom. The molecule has 0 bridgehead atoms. The fourth-order valence-electron chi connectivity index (χ4n) is 1.99. The van der Waals surface area contributed by atoms with Gasteiger partial charge in [0.05, 0.1) is 0 Å².